The normalized spacial score (nSPS) is 10.9. The SMILES string of the molecule is CC(C)c1ccc(N/C=C(\C#N)CC#N)c(Br)c1. The molecule has 0 aliphatic rings. The largest absolute Gasteiger partial charge is 0.360 e. The topological polar surface area (TPSA) is 59.6 Å². The Balaban J connectivity index is 2.87. The van der Waals surface area contributed by atoms with Gasteiger partial charge in [-0.1, -0.05) is 19.9 Å². The second-order valence-electron chi connectivity index (χ2n) is 4.15. The van der Waals surface area contributed by atoms with Crippen molar-refractivity contribution in [3.05, 3.63) is 40.0 Å². The summed E-state index contributed by atoms with van der Waals surface area (Å²) in [5.74, 6) is 0.471. The molecule has 0 spiro atoms. The van der Waals surface area contributed by atoms with E-state index >= 15 is 0 Å². The van der Waals surface area contributed by atoms with Gasteiger partial charge < -0.3 is 5.32 Å². The first-order valence-electron chi connectivity index (χ1n) is 5.60. The van der Waals surface area contributed by atoms with Gasteiger partial charge in [-0.2, -0.15) is 10.5 Å². The highest BCUT2D eigenvalue weighted by molar-refractivity contribution is 9.10. The van der Waals surface area contributed by atoms with Crippen molar-refractivity contribution in [2.45, 2.75) is 26.2 Å². The van der Waals surface area contributed by atoms with Crippen molar-refractivity contribution < 1.29 is 0 Å². The molecule has 0 radical (unpaired) electrons. The van der Waals surface area contributed by atoms with Gasteiger partial charge >= 0.3 is 0 Å². The van der Waals surface area contributed by atoms with E-state index < -0.39 is 0 Å². The van der Waals surface area contributed by atoms with Crippen LogP contribution < -0.4 is 5.32 Å². The molecule has 1 aromatic carbocycles. The van der Waals surface area contributed by atoms with Gasteiger partial charge in [0, 0.05) is 10.7 Å². The molecular formula is C14H14BrN3. The van der Waals surface area contributed by atoms with Gasteiger partial charge in [0.2, 0.25) is 0 Å². The van der Waals surface area contributed by atoms with Crippen molar-refractivity contribution in [1.29, 1.82) is 10.5 Å². The van der Waals surface area contributed by atoms with Gasteiger partial charge in [-0.25, -0.2) is 0 Å². The van der Waals surface area contributed by atoms with E-state index in [9.17, 15) is 0 Å². The molecule has 0 heterocycles. The van der Waals surface area contributed by atoms with Crippen LogP contribution in [-0.4, -0.2) is 0 Å². The van der Waals surface area contributed by atoms with Crippen LogP contribution in [0.2, 0.25) is 0 Å². The Morgan fingerprint density at radius 3 is 2.67 bits per heavy atom. The Kier molecular flexibility index (Phi) is 5.42. The number of rotatable bonds is 4. The molecule has 92 valence electrons. The molecule has 0 unspecified atom stereocenters. The third-order valence-corrected chi connectivity index (χ3v) is 3.13. The van der Waals surface area contributed by atoms with Crippen LogP contribution in [0.15, 0.2) is 34.4 Å². The highest BCUT2D eigenvalue weighted by atomic mass is 79.9. The Labute approximate surface area is 116 Å². The fraction of sp³-hybridized carbons (Fsp3) is 0.286. The lowest BCUT2D eigenvalue weighted by Gasteiger charge is -2.09. The summed E-state index contributed by atoms with van der Waals surface area (Å²) in [4.78, 5) is 0. The lowest BCUT2D eigenvalue weighted by Crippen LogP contribution is -1.94. The molecule has 0 aromatic heterocycles. The Morgan fingerprint density at radius 2 is 2.17 bits per heavy atom. The van der Waals surface area contributed by atoms with Crippen molar-refractivity contribution in [2.75, 3.05) is 5.32 Å². The summed E-state index contributed by atoms with van der Waals surface area (Å²) in [5.41, 5.74) is 2.54. The standard InChI is InChI=1S/C14H14BrN3/c1-10(2)12-3-4-14(13(15)7-12)18-9-11(8-17)5-6-16/h3-4,7,9-10,18H,5H2,1-2H3/b11-9-. The monoisotopic (exact) mass is 303 g/mol. The molecule has 18 heavy (non-hydrogen) atoms. The fourth-order valence-electron chi connectivity index (χ4n) is 1.38. The molecule has 3 nitrogen and oxygen atoms in total. The maximum atomic E-state index is 8.80. The molecule has 0 saturated carbocycles. The van der Waals surface area contributed by atoms with Crippen LogP contribution in [0.1, 0.15) is 31.7 Å². The van der Waals surface area contributed by atoms with Gasteiger partial charge in [0.15, 0.2) is 0 Å². The van der Waals surface area contributed by atoms with E-state index in [4.69, 9.17) is 10.5 Å². The van der Waals surface area contributed by atoms with E-state index in [1.807, 2.05) is 24.3 Å². The summed E-state index contributed by atoms with van der Waals surface area (Å²) < 4.78 is 0.944. The molecule has 0 atom stereocenters. The zero-order valence-corrected chi connectivity index (χ0v) is 12.0. The third kappa shape index (κ3) is 3.91. The number of benzene rings is 1. The minimum absolute atomic E-state index is 0.116. The predicted octanol–water partition coefficient (Wildman–Crippen LogP) is 4.31. The number of allylic oxidation sites excluding steroid dienone is 1. The van der Waals surface area contributed by atoms with Gasteiger partial charge in [-0.3, -0.25) is 0 Å². The van der Waals surface area contributed by atoms with Crippen LogP contribution in [0.3, 0.4) is 0 Å². The average molecular weight is 304 g/mol. The quantitative estimate of drug-likeness (QED) is 0.843. The molecule has 1 rings (SSSR count). The summed E-state index contributed by atoms with van der Waals surface area (Å²) in [6.07, 6.45) is 1.68. The summed E-state index contributed by atoms with van der Waals surface area (Å²) in [6.45, 7) is 4.27. The van der Waals surface area contributed by atoms with Gasteiger partial charge in [0.1, 0.15) is 0 Å². The van der Waals surface area contributed by atoms with Crippen LogP contribution >= 0.6 is 15.9 Å². The number of hydrogen-bond donors (Lipinski definition) is 1. The molecular weight excluding hydrogens is 290 g/mol. The Hall–Kier alpha value is -1.78. The van der Waals surface area contributed by atoms with Crippen LogP contribution in [0.5, 0.6) is 0 Å². The van der Waals surface area contributed by atoms with Crippen LogP contribution in [0.4, 0.5) is 5.69 Å². The van der Waals surface area contributed by atoms with Crippen molar-refractivity contribution in [3.63, 3.8) is 0 Å². The zero-order valence-electron chi connectivity index (χ0n) is 10.4. The molecule has 0 aliphatic carbocycles. The summed E-state index contributed by atoms with van der Waals surface area (Å²) in [7, 11) is 0. The zero-order chi connectivity index (χ0) is 13.5. The molecule has 0 saturated heterocycles. The van der Waals surface area contributed by atoms with E-state index in [0.717, 1.165) is 10.2 Å². The number of halogens is 1. The fourth-order valence-corrected chi connectivity index (χ4v) is 1.89. The number of hydrogen-bond acceptors (Lipinski definition) is 3. The summed E-state index contributed by atoms with van der Waals surface area (Å²) in [5, 5.41) is 20.4. The van der Waals surface area contributed by atoms with E-state index in [-0.39, 0.29) is 6.42 Å². The van der Waals surface area contributed by atoms with Crippen molar-refractivity contribution in [2.24, 2.45) is 0 Å². The van der Waals surface area contributed by atoms with Gasteiger partial charge in [0.05, 0.1) is 29.8 Å². The minimum Gasteiger partial charge on any atom is -0.360 e. The highest BCUT2D eigenvalue weighted by Crippen LogP contribution is 2.27. The predicted molar refractivity (Wildman–Crippen MR) is 75.8 cm³/mol. The molecule has 0 bridgehead atoms. The second-order valence-corrected chi connectivity index (χ2v) is 5.01. The highest BCUT2D eigenvalue weighted by Gasteiger charge is 2.03. The lowest BCUT2D eigenvalue weighted by atomic mass is 10.0. The Morgan fingerprint density at radius 1 is 1.44 bits per heavy atom. The summed E-state index contributed by atoms with van der Waals surface area (Å²) >= 11 is 3.49. The maximum Gasteiger partial charge on any atom is 0.0973 e. The first-order chi connectivity index (χ1) is 8.58. The molecule has 0 amide bonds. The van der Waals surface area contributed by atoms with Crippen LogP contribution in [-0.2, 0) is 0 Å². The van der Waals surface area contributed by atoms with Crippen molar-refractivity contribution in [1.82, 2.24) is 0 Å². The molecule has 1 N–H and O–H groups in total. The molecule has 0 fully saturated rings. The number of nitrogens with one attached hydrogen (secondary N) is 1. The number of nitriles is 2. The molecule has 4 heteroatoms. The van der Waals surface area contributed by atoms with Gasteiger partial charge in [-0.05, 0) is 39.5 Å². The minimum atomic E-state index is 0.116. The Bertz CT molecular complexity index is 533. The number of nitrogens with zero attached hydrogens (tertiary/aromatic N) is 2. The van der Waals surface area contributed by atoms with Gasteiger partial charge in [-0.15, -0.1) is 0 Å². The number of anilines is 1. The van der Waals surface area contributed by atoms with Crippen LogP contribution in [0.25, 0.3) is 0 Å². The smallest absolute Gasteiger partial charge is 0.0973 e. The van der Waals surface area contributed by atoms with Gasteiger partial charge in [0.25, 0.3) is 0 Å². The third-order valence-electron chi connectivity index (χ3n) is 2.47. The van der Waals surface area contributed by atoms with Crippen molar-refractivity contribution in [3.8, 4) is 12.1 Å². The molecule has 1 aromatic rings. The first-order valence-corrected chi connectivity index (χ1v) is 6.40. The van der Waals surface area contributed by atoms with E-state index in [0.29, 0.717) is 11.5 Å². The maximum absolute atomic E-state index is 8.80. The van der Waals surface area contributed by atoms with E-state index in [1.54, 1.807) is 6.20 Å². The van der Waals surface area contributed by atoms with Crippen molar-refractivity contribution >= 4 is 21.6 Å². The van der Waals surface area contributed by atoms with E-state index in [1.165, 1.54) is 5.56 Å². The first kappa shape index (κ1) is 14.3. The average Bonchev–Trinajstić information content (AvgIpc) is 2.35. The van der Waals surface area contributed by atoms with Crippen LogP contribution in [0, 0.1) is 22.7 Å². The van der Waals surface area contributed by atoms with E-state index in [2.05, 4.69) is 41.2 Å². The molecule has 0 aliphatic heterocycles. The summed E-state index contributed by atoms with van der Waals surface area (Å²) in [6, 6.07) is 9.99. The second kappa shape index (κ2) is 6.83. The lowest BCUT2D eigenvalue weighted by molar-refractivity contribution is 0.866.